The molecule has 0 saturated carbocycles. The number of carboxylic acid groups (broad SMARTS) is 1. The predicted molar refractivity (Wildman–Crippen MR) is 98.8 cm³/mol. The molecule has 0 rings (SSSR count). The van der Waals surface area contributed by atoms with Crippen molar-refractivity contribution in [2.75, 3.05) is 19.6 Å². The van der Waals surface area contributed by atoms with Gasteiger partial charge in [0.25, 0.3) is 0 Å². The fourth-order valence-corrected chi connectivity index (χ4v) is 2.02. The molecule has 0 aromatic heterocycles. The van der Waals surface area contributed by atoms with Gasteiger partial charge in [-0.05, 0) is 6.42 Å². The Kier molecular flexibility index (Phi) is 11.8. The van der Waals surface area contributed by atoms with Gasteiger partial charge in [-0.3, -0.25) is 33.6 Å². The zero-order valence-electron chi connectivity index (χ0n) is 15.9. The summed E-state index contributed by atoms with van der Waals surface area (Å²) in [6.07, 6.45) is -1.10. The summed E-state index contributed by atoms with van der Waals surface area (Å²) in [7, 11) is 0. The van der Waals surface area contributed by atoms with Crippen LogP contribution < -0.4 is 38.5 Å². The van der Waals surface area contributed by atoms with E-state index < -0.39 is 79.6 Å². The van der Waals surface area contributed by atoms with Crippen LogP contribution >= 0.6 is 0 Å². The minimum atomic E-state index is -1.51. The molecule has 0 bridgehead atoms. The number of hydrogen-bond acceptors (Lipinski definition) is 8. The number of nitrogens with two attached hydrogens (primary N) is 3. The van der Waals surface area contributed by atoms with E-state index in [2.05, 4.69) is 16.0 Å². The summed E-state index contributed by atoms with van der Waals surface area (Å²) in [5.74, 6) is -6.43. The van der Waals surface area contributed by atoms with Crippen molar-refractivity contribution in [2.24, 2.45) is 17.2 Å². The highest BCUT2D eigenvalue weighted by atomic mass is 16.4. The highest BCUT2D eigenvalue weighted by molar-refractivity contribution is 5.96. The van der Waals surface area contributed by atoms with Crippen LogP contribution in [0, 0.1) is 0 Å². The predicted octanol–water partition coefficient (Wildman–Crippen LogP) is -5.63. The Labute approximate surface area is 170 Å². The summed E-state index contributed by atoms with van der Waals surface area (Å²) >= 11 is 0. The van der Waals surface area contributed by atoms with E-state index in [4.69, 9.17) is 22.3 Å². The van der Waals surface area contributed by atoms with Crippen LogP contribution in [0.15, 0.2) is 0 Å². The van der Waals surface area contributed by atoms with Crippen LogP contribution in [0.4, 0.5) is 0 Å². The van der Waals surface area contributed by atoms with Crippen molar-refractivity contribution in [3.05, 3.63) is 0 Å². The van der Waals surface area contributed by atoms with Gasteiger partial charge in [0.05, 0.1) is 19.5 Å². The minimum absolute atomic E-state index is 0.199. The third-order valence-corrected chi connectivity index (χ3v) is 3.41. The molecule has 0 aliphatic rings. The SMILES string of the molecule is NCC(=O)N[C@@H](CCC(N)=O)C(=O)N[C@@H](CC(N)=O)C(=O)NCC(=O)NCC(=O)O. The van der Waals surface area contributed by atoms with Crippen molar-refractivity contribution >= 4 is 41.4 Å². The second-order valence-electron chi connectivity index (χ2n) is 5.95. The Morgan fingerprint density at radius 3 is 1.90 bits per heavy atom. The van der Waals surface area contributed by atoms with Gasteiger partial charge >= 0.3 is 5.97 Å². The molecule has 0 aliphatic carbocycles. The zero-order chi connectivity index (χ0) is 23.3. The van der Waals surface area contributed by atoms with Gasteiger partial charge < -0.3 is 43.6 Å². The molecule has 0 spiro atoms. The zero-order valence-corrected chi connectivity index (χ0v) is 15.9. The fraction of sp³-hybridized carbons (Fsp3) is 0.533. The van der Waals surface area contributed by atoms with E-state index in [1.165, 1.54) is 0 Å². The Bertz CT molecular complexity index is 696. The molecule has 0 unspecified atom stereocenters. The van der Waals surface area contributed by atoms with E-state index >= 15 is 0 Å². The molecule has 0 aromatic rings. The average molecular weight is 431 g/mol. The van der Waals surface area contributed by atoms with Crippen molar-refractivity contribution in [1.82, 2.24) is 21.3 Å². The standard InChI is InChI=1S/C15H25N7O8/c16-4-11(25)21-7(1-2-9(17)23)15(30)22-8(3-10(18)24)14(29)20-5-12(26)19-6-13(27)28/h7-8H,1-6,16H2,(H2,17,23)(H2,18,24)(H,19,26)(H,20,29)(H,21,25)(H,22,30)(H,27,28)/t7-,8-/m0/s1. The first-order chi connectivity index (χ1) is 14.0. The van der Waals surface area contributed by atoms with Crippen LogP contribution in [0.2, 0.25) is 0 Å². The topological polar surface area (TPSA) is 266 Å². The molecule has 0 saturated heterocycles. The van der Waals surface area contributed by atoms with Crippen LogP contribution in [-0.2, 0) is 33.6 Å². The molecule has 30 heavy (non-hydrogen) atoms. The Balaban J connectivity index is 5.09. The van der Waals surface area contributed by atoms with Crippen molar-refractivity contribution in [3.63, 3.8) is 0 Å². The monoisotopic (exact) mass is 431 g/mol. The molecule has 0 aliphatic heterocycles. The molecule has 11 N–H and O–H groups in total. The van der Waals surface area contributed by atoms with Crippen molar-refractivity contribution in [1.29, 1.82) is 0 Å². The van der Waals surface area contributed by atoms with Crippen LogP contribution in [-0.4, -0.2) is 78.2 Å². The van der Waals surface area contributed by atoms with Gasteiger partial charge in [-0.2, -0.15) is 0 Å². The van der Waals surface area contributed by atoms with E-state index in [1.54, 1.807) is 0 Å². The lowest BCUT2D eigenvalue weighted by atomic mass is 10.1. The maximum Gasteiger partial charge on any atom is 0.322 e. The van der Waals surface area contributed by atoms with Crippen LogP contribution in [0.3, 0.4) is 0 Å². The summed E-state index contributed by atoms with van der Waals surface area (Å²) in [5.41, 5.74) is 15.2. The molecular formula is C15H25N7O8. The van der Waals surface area contributed by atoms with E-state index in [-0.39, 0.29) is 12.8 Å². The summed E-state index contributed by atoms with van der Waals surface area (Å²) < 4.78 is 0. The molecule has 0 heterocycles. The highest BCUT2D eigenvalue weighted by Crippen LogP contribution is 2.01. The number of hydrogen-bond donors (Lipinski definition) is 8. The van der Waals surface area contributed by atoms with Gasteiger partial charge in [0.15, 0.2) is 0 Å². The Hall–Kier alpha value is -3.75. The second-order valence-corrected chi connectivity index (χ2v) is 5.95. The third-order valence-electron chi connectivity index (χ3n) is 3.41. The van der Waals surface area contributed by atoms with Crippen molar-refractivity contribution < 1.29 is 38.7 Å². The van der Waals surface area contributed by atoms with Crippen molar-refractivity contribution in [2.45, 2.75) is 31.3 Å². The van der Waals surface area contributed by atoms with Gasteiger partial charge in [0.1, 0.15) is 18.6 Å². The lowest BCUT2D eigenvalue weighted by Crippen LogP contribution is -2.56. The largest absolute Gasteiger partial charge is 0.480 e. The first-order valence-electron chi connectivity index (χ1n) is 8.58. The van der Waals surface area contributed by atoms with Gasteiger partial charge in [-0.1, -0.05) is 0 Å². The number of amides is 6. The molecular weight excluding hydrogens is 406 g/mol. The summed E-state index contributed by atoms with van der Waals surface area (Å²) in [6.45, 7) is -1.75. The van der Waals surface area contributed by atoms with Gasteiger partial charge in [-0.25, -0.2) is 0 Å². The number of nitrogens with one attached hydrogen (secondary N) is 4. The van der Waals surface area contributed by atoms with E-state index in [1.807, 2.05) is 5.32 Å². The highest BCUT2D eigenvalue weighted by Gasteiger charge is 2.28. The van der Waals surface area contributed by atoms with E-state index in [0.29, 0.717) is 0 Å². The fourth-order valence-electron chi connectivity index (χ4n) is 2.02. The molecule has 2 atom stereocenters. The summed E-state index contributed by atoms with van der Waals surface area (Å²) in [4.78, 5) is 80.1. The number of primary amides is 2. The molecule has 0 radical (unpaired) electrons. The first kappa shape index (κ1) is 26.2. The van der Waals surface area contributed by atoms with Gasteiger partial charge in [-0.15, -0.1) is 0 Å². The maximum absolute atomic E-state index is 12.4. The summed E-state index contributed by atoms with van der Waals surface area (Å²) in [6, 6.07) is -2.79. The number of carbonyl (C=O) groups excluding carboxylic acids is 6. The first-order valence-corrected chi connectivity index (χ1v) is 8.58. The van der Waals surface area contributed by atoms with E-state index in [0.717, 1.165) is 0 Å². The molecule has 15 nitrogen and oxygen atoms in total. The van der Waals surface area contributed by atoms with Crippen LogP contribution in [0.25, 0.3) is 0 Å². The average Bonchev–Trinajstić information content (AvgIpc) is 2.66. The Morgan fingerprint density at radius 1 is 0.767 bits per heavy atom. The maximum atomic E-state index is 12.4. The third kappa shape index (κ3) is 11.9. The molecule has 15 heteroatoms. The van der Waals surface area contributed by atoms with Gasteiger partial charge in [0.2, 0.25) is 35.4 Å². The smallest absolute Gasteiger partial charge is 0.322 e. The summed E-state index contributed by atoms with van der Waals surface area (Å²) in [5, 5.41) is 17.0. The normalized spacial score (nSPS) is 12.0. The second kappa shape index (κ2) is 13.4. The van der Waals surface area contributed by atoms with Gasteiger partial charge in [0, 0.05) is 6.42 Å². The Morgan fingerprint density at radius 2 is 1.40 bits per heavy atom. The quantitative estimate of drug-likeness (QED) is 0.130. The van der Waals surface area contributed by atoms with E-state index in [9.17, 15) is 33.6 Å². The number of aliphatic carboxylic acids is 1. The molecule has 168 valence electrons. The number of rotatable bonds is 14. The van der Waals surface area contributed by atoms with Crippen molar-refractivity contribution in [3.8, 4) is 0 Å². The van der Waals surface area contributed by atoms with Crippen LogP contribution in [0.1, 0.15) is 19.3 Å². The molecule has 0 fully saturated rings. The van der Waals surface area contributed by atoms with Crippen LogP contribution in [0.5, 0.6) is 0 Å². The molecule has 6 amide bonds. The lowest BCUT2D eigenvalue weighted by Gasteiger charge is -2.22. The lowest BCUT2D eigenvalue weighted by molar-refractivity contribution is -0.138. The number of carboxylic acids is 1. The minimum Gasteiger partial charge on any atom is -0.480 e. The number of carbonyl (C=O) groups is 7. The molecule has 0 aromatic carbocycles.